The van der Waals surface area contributed by atoms with Gasteiger partial charge in [0, 0.05) is 10.8 Å². The summed E-state index contributed by atoms with van der Waals surface area (Å²) in [6.07, 6.45) is 0. The zero-order chi connectivity index (χ0) is 12.1. The van der Waals surface area contributed by atoms with E-state index in [1.807, 2.05) is 41.5 Å². The van der Waals surface area contributed by atoms with Gasteiger partial charge in [0.25, 0.3) is 0 Å². The molecule has 0 atom stereocenters. The van der Waals surface area contributed by atoms with Gasteiger partial charge in [0.05, 0.1) is 0 Å². The Kier molecular flexibility index (Phi) is 2.67. The van der Waals surface area contributed by atoms with Crippen LogP contribution in [-0.4, -0.2) is 8.42 Å². The van der Waals surface area contributed by atoms with E-state index in [9.17, 15) is 8.42 Å². The third-order valence-corrected chi connectivity index (χ3v) is 3.60. The first kappa shape index (κ1) is 12.5. The van der Waals surface area contributed by atoms with Crippen LogP contribution in [0.1, 0.15) is 41.5 Å². The van der Waals surface area contributed by atoms with Crippen LogP contribution in [0.15, 0.2) is 22.0 Å². The Hall–Kier alpha value is -0.570. The molecule has 0 aromatic heterocycles. The van der Waals surface area contributed by atoms with Crippen molar-refractivity contribution in [3.63, 3.8) is 0 Å². The number of rotatable bonds is 0. The molecule has 0 bridgehead atoms. The molecule has 0 spiro atoms. The minimum atomic E-state index is -3.14. The third-order valence-electron chi connectivity index (χ3n) is 2.47. The summed E-state index contributed by atoms with van der Waals surface area (Å²) >= 11 is 0. The van der Waals surface area contributed by atoms with Gasteiger partial charge in [-0.1, -0.05) is 41.5 Å². The van der Waals surface area contributed by atoms with Gasteiger partial charge in [0.15, 0.2) is 9.84 Å². The summed E-state index contributed by atoms with van der Waals surface area (Å²) in [5.41, 5.74) is 1.63. The molecule has 1 rings (SSSR count). The highest BCUT2D eigenvalue weighted by Crippen LogP contribution is 2.44. The highest BCUT2D eigenvalue weighted by atomic mass is 32.2. The first-order valence-electron chi connectivity index (χ1n) is 5.13. The van der Waals surface area contributed by atoms with Crippen molar-refractivity contribution in [2.45, 2.75) is 41.5 Å². The molecule has 0 aliphatic carbocycles. The van der Waals surface area contributed by atoms with Crippen molar-refractivity contribution in [3.8, 4) is 0 Å². The number of allylic oxidation sites excluding steroid dienone is 2. The van der Waals surface area contributed by atoms with Crippen molar-refractivity contribution >= 4 is 9.84 Å². The van der Waals surface area contributed by atoms with Gasteiger partial charge in [-0.15, -0.1) is 0 Å². The quantitative estimate of drug-likeness (QED) is 0.637. The van der Waals surface area contributed by atoms with Gasteiger partial charge >= 0.3 is 0 Å². The smallest absolute Gasteiger partial charge is 0.193 e. The first-order valence-corrected chi connectivity index (χ1v) is 6.74. The predicted octanol–water partition coefficient (Wildman–Crippen LogP) is 3.27. The summed E-state index contributed by atoms with van der Waals surface area (Å²) in [5.74, 6) is 0. The Bertz CT molecular complexity index is 387. The van der Waals surface area contributed by atoms with Crippen molar-refractivity contribution in [1.29, 1.82) is 0 Å². The third kappa shape index (κ3) is 2.71. The minimum Gasteiger partial charge on any atom is -0.220 e. The molecular weight excluding hydrogens is 208 g/mol. The minimum absolute atomic E-state index is 0.122. The van der Waals surface area contributed by atoms with Crippen molar-refractivity contribution in [2.24, 2.45) is 10.8 Å². The summed E-state index contributed by atoms with van der Waals surface area (Å²) < 4.78 is 23.2. The van der Waals surface area contributed by atoms with E-state index in [0.717, 1.165) is 11.1 Å². The molecule has 86 valence electrons. The van der Waals surface area contributed by atoms with E-state index in [2.05, 4.69) is 0 Å². The van der Waals surface area contributed by atoms with Crippen molar-refractivity contribution in [2.75, 3.05) is 0 Å². The lowest BCUT2D eigenvalue weighted by Crippen LogP contribution is -2.18. The first-order chi connectivity index (χ1) is 6.43. The second-order valence-electron chi connectivity index (χ2n) is 6.15. The normalized spacial score (nSPS) is 21.2. The van der Waals surface area contributed by atoms with Gasteiger partial charge in [-0.05, 0) is 22.0 Å². The van der Waals surface area contributed by atoms with Crippen molar-refractivity contribution < 1.29 is 8.42 Å². The number of sulfone groups is 1. The molecule has 1 aliphatic rings. The van der Waals surface area contributed by atoms with Crippen LogP contribution in [0.5, 0.6) is 0 Å². The standard InChI is InChI=1S/C12H20O2S/c1-11(2,3)9-7-15(13,14)8-10(9)12(4,5)6/h7-8H,1-6H3. The van der Waals surface area contributed by atoms with Crippen LogP contribution in [0.25, 0.3) is 0 Å². The summed E-state index contributed by atoms with van der Waals surface area (Å²) in [6.45, 7) is 12.2. The Balaban J connectivity index is 3.37. The maximum Gasteiger partial charge on any atom is 0.193 e. The Morgan fingerprint density at radius 3 is 1.27 bits per heavy atom. The molecule has 1 aliphatic heterocycles. The van der Waals surface area contributed by atoms with E-state index in [0.29, 0.717) is 0 Å². The van der Waals surface area contributed by atoms with Crippen LogP contribution in [0, 0.1) is 10.8 Å². The molecule has 1 heterocycles. The zero-order valence-electron chi connectivity index (χ0n) is 10.4. The van der Waals surface area contributed by atoms with Gasteiger partial charge in [-0.25, -0.2) is 8.42 Å². The second-order valence-corrected chi connectivity index (χ2v) is 7.80. The van der Waals surface area contributed by atoms with E-state index in [1.54, 1.807) is 0 Å². The summed E-state index contributed by atoms with van der Waals surface area (Å²) in [4.78, 5) is 0. The van der Waals surface area contributed by atoms with E-state index in [1.165, 1.54) is 10.8 Å². The van der Waals surface area contributed by atoms with Gasteiger partial charge in [-0.3, -0.25) is 0 Å². The molecule has 2 nitrogen and oxygen atoms in total. The lowest BCUT2D eigenvalue weighted by molar-refractivity contribution is 0.449. The molecular formula is C12H20O2S. The zero-order valence-corrected chi connectivity index (χ0v) is 11.2. The molecule has 0 saturated heterocycles. The molecule has 0 unspecified atom stereocenters. The molecule has 0 radical (unpaired) electrons. The summed E-state index contributed by atoms with van der Waals surface area (Å²) in [7, 11) is -3.14. The lowest BCUT2D eigenvalue weighted by Gasteiger charge is -2.30. The molecule has 0 N–H and O–H groups in total. The van der Waals surface area contributed by atoms with Crippen molar-refractivity contribution in [1.82, 2.24) is 0 Å². The highest BCUT2D eigenvalue weighted by Gasteiger charge is 2.34. The maximum atomic E-state index is 11.6. The molecule has 0 aromatic rings. The molecule has 15 heavy (non-hydrogen) atoms. The van der Waals surface area contributed by atoms with E-state index in [4.69, 9.17) is 0 Å². The van der Waals surface area contributed by atoms with Gasteiger partial charge in [0.2, 0.25) is 0 Å². The summed E-state index contributed by atoms with van der Waals surface area (Å²) in [6, 6.07) is 0. The monoisotopic (exact) mass is 228 g/mol. The van der Waals surface area contributed by atoms with Crippen LogP contribution < -0.4 is 0 Å². The summed E-state index contributed by atoms with van der Waals surface area (Å²) in [5, 5.41) is 2.82. The topological polar surface area (TPSA) is 34.1 Å². The number of hydrogen-bond acceptors (Lipinski definition) is 2. The molecule has 0 amide bonds. The largest absolute Gasteiger partial charge is 0.220 e. The van der Waals surface area contributed by atoms with Crippen LogP contribution in [0.4, 0.5) is 0 Å². The molecule has 0 saturated carbocycles. The van der Waals surface area contributed by atoms with E-state index < -0.39 is 9.84 Å². The number of hydrogen-bond donors (Lipinski definition) is 0. The van der Waals surface area contributed by atoms with Crippen molar-refractivity contribution in [3.05, 3.63) is 22.0 Å². The van der Waals surface area contributed by atoms with Crippen LogP contribution in [0.2, 0.25) is 0 Å². The van der Waals surface area contributed by atoms with Gasteiger partial charge < -0.3 is 0 Å². The Labute approximate surface area is 93.0 Å². The fourth-order valence-electron chi connectivity index (χ4n) is 1.65. The van der Waals surface area contributed by atoms with Gasteiger partial charge in [0.1, 0.15) is 0 Å². The van der Waals surface area contributed by atoms with Crippen LogP contribution in [-0.2, 0) is 9.84 Å². The van der Waals surface area contributed by atoms with E-state index >= 15 is 0 Å². The highest BCUT2D eigenvalue weighted by molar-refractivity contribution is 7.97. The predicted molar refractivity (Wildman–Crippen MR) is 64.0 cm³/mol. The van der Waals surface area contributed by atoms with E-state index in [-0.39, 0.29) is 10.8 Å². The Morgan fingerprint density at radius 2 is 1.07 bits per heavy atom. The Morgan fingerprint density at radius 1 is 0.800 bits per heavy atom. The van der Waals surface area contributed by atoms with Crippen LogP contribution >= 0.6 is 0 Å². The lowest BCUT2D eigenvalue weighted by atomic mass is 9.74. The molecule has 0 fully saturated rings. The molecule has 3 heteroatoms. The average Bonchev–Trinajstić information content (AvgIpc) is 2.23. The fraction of sp³-hybridized carbons (Fsp3) is 0.667. The maximum absolute atomic E-state index is 11.6. The SMILES string of the molecule is CC(C)(C)C1=CS(=O)(=O)C=C1C(C)(C)C. The van der Waals surface area contributed by atoms with Crippen LogP contribution in [0.3, 0.4) is 0 Å². The average molecular weight is 228 g/mol. The van der Waals surface area contributed by atoms with Gasteiger partial charge in [-0.2, -0.15) is 0 Å². The second kappa shape index (κ2) is 3.21. The molecule has 0 aromatic carbocycles. The fourth-order valence-corrected chi connectivity index (χ4v) is 3.34.